The molecule has 3 aromatic heterocycles. The Balaban J connectivity index is 1.96. The highest BCUT2D eigenvalue weighted by Gasteiger charge is 2.01. The maximum Gasteiger partial charge on any atom is 0.0703 e. The molecule has 0 unspecified atom stereocenters. The second-order valence-electron chi connectivity index (χ2n) is 3.64. The highest BCUT2D eigenvalue weighted by atomic mass is 15.1. The van der Waals surface area contributed by atoms with Gasteiger partial charge in [0.1, 0.15) is 0 Å². The van der Waals surface area contributed by atoms with Crippen molar-refractivity contribution in [2.75, 3.05) is 0 Å². The van der Waals surface area contributed by atoms with E-state index in [-0.39, 0.29) is 0 Å². The van der Waals surface area contributed by atoms with E-state index in [1.165, 1.54) is 0 Å². The van der Waals surface area contributed by atoms with Gasteiger partial charge in [-0.2, -0.15) is 5.10 Å². The summed E-state index contributed by atoms with van der Waals surface area (Å²) >= 11 is 0. The molecule has 0 atom stereocenters. The Labute approximate surface area is 98.4 Å². The number of nitrogens with zero attached hydrogens (tertiary/aromatic N) is 3. The third-order valence-electron chi connectivity index (χ3n) is 2.55. The van der Waals surface area contributed by atoms with Crippen LogP contribution in [0.4, 0.5) is 0 Å². The van der Waals surface area contributed by atoms with Crippen molar-refractivity contribution in [1.29, 1.82) is 0 Å². The van der Waals surface area contributed by atoms with Crippen LogP contribution in [-0.4, -0.2) is 20.2 Å². The fourth-order valence-electron chi connectivity index (χ4n) is 1.66. The number of pyridine rings is 2. The summed E-state index contributed by atoms with van der Waals surface area (Å²) in [4.78, 5) is 8.42. The molecule has 0 fully saturated rings. The summed E-state index contributed by atoms with van der Waals surface area (Å²) in [6, 6.07) is 9.82. The van der Waals surface area contributed by atoms with Gasteiger partial charge in [-0.3, -0.25) is 15.1 Å². The summed E-state index contributed by atoms with van der Waals surface area (Å²) in [5.41, 5.74) is 4.01. The Hall–Kier alpha value is -2.49. The van der Waals surface area contributed by atoms with Crippen molar-refractivity contribution < 1.29 is 0 Å². The van der Waals surface area contributed by atoms with Crippen LogP contribution in [0, 0.1) is 0 Å². The number of hydrogen-bond donors (Lipinski definition) is 1. The van der Waals surface area contributed by atoms with Gasteiger partial charge >= 0.3 is 0 Å². The lowest BCUT2D eigenvalue weighted by Crippen LogP contribution is -1.85. The second-order valence-corrected chi connectivity index (χ2v) is 3.64. The molecule has 3 heterocycles. The molecule has 4 heteroatoms. The Bertz CT molecular complexity index is 585. The molecule has 0 saturated heterocycles. The number of nitrogens with one attached hydrogen (secondary N) is 1. The van der Waals surface area contributed by atoms with E-state index in [1.807, 2.05) is 36.5 Å². The van der Waals surface area contributed by atoms with Crippen molar-refractivity contribution >= 4 is 0 Å². The minimum absolute atomic E-state index is 0.940. The maximum absolute atomic E-state index is 4.43. The summed E-state index contributed by atoms with van der Waals surface area (Å²) in [5, 5.41) is 6.83. The molecular weight excluding hydrogens is 212 g/mol. The molecule has 17 heavy (non-hydrogen) atoms. The first-order valence-electron chi connectivity index (χ1n) is 5.30. The van der Waals surface area contributed by atoms with Gasteiger partial charge in [-0.05, 0) is 30.3 Å². The van der Waals surface area contributed by atoms with E-state index in [2.05, 4.69) is 20.2 Å². The van der Waals surface area contributed by atoms with Crippen molar-refractivity contribution in [3.05, 3.63) is 55.1 Å². The normalized spacial score (nSPS) is 10.4. The van der Waals surface area contributed by atoms with Crippen LogP contribution in [0.15, 0.2) is 55.1 Å². The predicted octanol–water partition coefficient (Wildman–Crippen LogP) is 2.53. The molecule has 0 amide bonds. The van der Waals surface area contributed by atoms with Crippen LogP contribution in [0.2, 0.25) is 0 Å². The smallest absolute Gasteiger partial charge is 0.0703 e. The van der Waals surface area contributed by atoms with E-state index in [0.717, 1.165) is 22.5 Å². The number of H-pyrrole nitrogens is 1. The van der Waals surface area contributed by atoms with Crippen LogP contribution in [0.25, 0.3) is 22.5 Å². The minimum atomic E-state index is 0.940. The molecule has 0 saturated carbocycles. The number of aromatic amines is 1. The number of hydrogen-bond acceptors (Lipinski definition) is 3. The van der Waals surface area contributed by atoms with Crippen LogP contribution in [-0.2, 0) is 0 Å². The molecule has 0 aliphatic rings. The van der Waals surface area contributed by atoms with E-state index in [1.54, 1.807) is 18.6 Å². The molecule has 1 N–H and O–H groups in total. The number of aromatic nitrogens is 4. The summed E-state index contributed by atoms with van der Waals surface area (Å²) in [7, 11) is 0. The average molecular weight is 222 g/mol. The second kappa shape index (κ2) is 4.17. The van der Waals surface area contributed by atoms with Crippen molar-refractivity contribution in [1.82, 2.24) is 20.2 Å². The molecule has 82 valence electrons. The van der Waals surface area contributed by atoms with Gasteiger partial charge in [0.2, 0.25) is 0 Å². The SMILES string of the molecule is c1cc(-c2ccc(-c3ccn[nH]3)cn2)ccn1. The lowest BCUT2D eigenvalue weighted by Gasteiger charge is -2.01. The summed E-state index contributed by atoms with van der Waals surface area (Å²) in [6.45, 7) is 0. The van der Waals surface area contributed by atoms with Crippen LogP contribution in [0.3, 0.4) is 0 Å². The van der Waals surface area contributed by atoms with Gasteiger partial charge in [0.25, 0.3) is 0 Å². The zero-order valence-electron chi connectivity index (χ0n) is 9.04. The fourth-order valence-corrected chi connectivity index (χ4v) is 1.66. The van der Waals surface area contributed by atoms with Gasteiger partial charge in [0, 0.05) is 35.9 Å². The van der Waals surface area contributed by atoms with E-state index in [4.69, 9.17) is 0 Å². The first-order chi connectivity index (χ1) is 8.43. The molecule has 0 aromatic carbocycles. The lowest BCUT2D eigenvalue weighted by molar-refractivity contribution is 1.09. The average Bonchev–Trinajstić information content (AvgIpc) is 2.94. The monoisotopic (exact) mass is 222 g/mol. The van der Waals surface area contributed by atoms with Crippen molar-refractivity contribution in [2.45, 2.75) is 0 Å². The molecular formula is C13H10N4. The van der Waals surface area contributed by atoms with Crippen molar-refractivity contribution in [3.63, 3.8) is 0 Å². The topological polar surface area (TPSA) is 54.5 Å². The third-order valence-corrected chi connectivity index (χ3v) is 2.55. The highest BCUT2D eigenvalue weighted by molar-refractivity contribution is 5.63. The summed E-state index contributed by atoms with van der Waals surface area (Å²) < 4.78 is 0. The van der Waals surface area contributed by atoms with Gasteiger partial charge in [-0.25, -0.2) is 0 Å². The number of rotatable bonds is 2. The van der Waals surface area contributed by atoms with Crippen molar-refractivity contribution in [3.8, 4) is 22.5 Å². The Kier molecular flexibility index (Phi) is 2.38. The highest BCUT2D eigenvalue weighted by Crippen LogP contribution is 2.20. The van der Waals surface area contributed by atoms with E-state index >= 15 is 0 Å². The van der Waals surface area contributed by atoms with Gasteiger partial charge < -0.3 is 0 Å². The molecule has 3 aromatic rings. The predicted molar refractivity (Wildman–Crippen MR) is 65.0 cm³/mol. The molecule has 0 radical (unpaired) electrons. The zero-order chi connectivity index (χ0) is 11.5. The summed E-state index contributed by atoms with van der Waals surface area (Å²) in [6.07, 6.45) is 7.09. The first kappa shape index (κ1) is 9.72. The fraction of sp³-hybridized carbons (Fsp3) is 0. The zero-order valence-corrected chi connectivity index (χ0v) is 9.04. The van der Waals surface area contributed by atoms with E-state index in [9.17, 15) is 0 Å². The van der Waals surface area contributed by atoms with Crippen LogP contribution in [0.1, 0.15) is 0 Å². The Morgan fingerprint density at radius 1 is 0.824 bits per heavy atom. The molecule has 0 aliphatic heterocycles. The molecule has 4 nitrogen and oxygen atoms in total. The Morgan fingerprint density at radius 3 is 2.35 bits per heavy atom. The van der Waals surface area contributed by atoms with Gasteiger partial charge in [0.15, 0.2) is 0 Å². The van der Waals surface area contributed by atoms with Gasteiger partial charge in [0.05, 0.1) is 11.4 Å². The first-order valence-corrected chi connectivity index (χ1v) is 5.30. The maximum atomic E-state index is 4.43. The summed E-state index contributed by atoms with van der Waals surface area (Å²) in [5.74, 6) is 0. The van der Waals surface area contributed by atoms with Gasteiger partial charge in [-0.15, -0.1) is 0 Å². The van der Waals surface area contributed by atoms with Crippen LogP contribution >= 0.6 is 0 Å². The molecule has 0 spiro atoms. The van der Waals surface area contributed by atoms with E-state index < -0.39 is 0 Å². The quantitative estimate of drug-likeness (QED) is 0.724. The third kappa shape index (κ3) is 1.92. The van der Waals surface area contributed by atoms with Crippen LogP contribution in [0.5, 0.6) is 0 Å². The standard InChI is InChI=1S/C13H10N4/c1-2-12(10-3-6-14-7-4-10)15-9-11(1)13-5-8-16-17-13/h1-9H,(H,16,17). The molecule has 0 bridgehead atoms. The van der Waals surface area contributed by atoms with E-state index in [0.29, 0.717) is 0 Å². The minimum Gasteiger partial charge on any atom is -0.278 e. The Morgan fingerprint density at radius 2 is 1.71 bits per heavy atom. The largest absolute Gasteiger partial charge is 0.278 e. The molecule has 3 rings (SSSR count). The lowest BCUT2D eigenvalue weighted by atomic mass is 10.1. The van der Waals surface area contributed by atoms with Gasteiger partial charge in [-0.1, -0.05) is 0 Å². The van der Waals surface area contributed by atoms with Crippen LogP contribution < -0.4 is 0 Å². The van der Waals surface area contributed by atoms with Crippen molar-refractivity contribution in [2.24, 2.45) is 0 Å². The molecule has 0 aliphatic carbocycles.